The number of benzene rings is 1. The molecule has 0 fully saturated rings. The fourth-order valence-electron chi connectivity index (χ4n) is 0.772. The molecule has 3 nitrogen and oxygen atoms in total. The molecule has 0 aliphatic carbocycles. The zero-order chi connectivity index (χ0) is 8.97. The van der Waals surface area contributed by atoms with Crippen LogP contribution in [0.15, 0.2) is 33.9 Å². The van der Waals surface area contributed by atoms with Crippen LogP contribution in [0.4, 0.5) is 0 Å². The van der Waals surface area contributed by atoms with Gasteiger partial charge in [-0.3, -0.25) is 0 Å². The van der Waals surface area contributed by atoms with Crippen molar-refractivity contribution in [1.82, 2.24) is 0 Å². The van der Waals surface area contributed by atoms with E-state index in [0.717, 1.165) is 10.0 Å². The Morgan fingerprint density at radius 2 is 2.00 bits per heavy atom. The van der Waals surface area contributed by atoms with E-state index in [1.165, 1.54) is 7.11 Å². The molecule has 0 bridgehead atoms. The van der Waals surface area contributed by atoms with Gasteiger partial charge in [0.15, 0.2) is 5.84 Å². The molecule has 12 heavy (non-hydrogen) atoms. The summed E-state index contributed by atoms with van der Waals surface area (Å²) in [6.45, 7) is 0. The molecular formula is C8H9BrN2O. The number of hydrogen-bond acceptors (Lipinski definition) is 2. The summed E-state index contributed by atoms with van der Waals surface area (Å²) in [5.41, 5.74) is 6.41. The zero-order valence-corrected chi connectivity index (χ0v) is 8.21. The topological polar surface area (TPSA) is 47.6 Å². The highest BCUT2D eigenvalue weighted by molar-refractivity contribution is 9.10. The van der Waals surface area contributed by atoms with Crippen LogP contribution in [-0.4, -0.2) is 12.9 Å². The van der Waals surface area contributed by atoms with Crippen molar-refractivity contribution in [2.45, 2.75) is 0 Å². The third-order valence-electron chi connectivity index (χ3n) is 1.33. The molecule has 0 aromatic heterocycles. The van der Waals surface area contributed by atoms with Gasteiger partial charge in [-0.25, -0.2) is 0 Å². The van der Waals surface area contributed by atoms with Crippen LogP contribution in [0.25, 0.3) is 0 Å². The number of nitrogens with two attached hydrogens (primary N) is 1. The summed E-state index contributed by atoms with van der Waals surface area (Å²) in [4.78, 5) is 4.54. The predicted molar refractivity (Wildman–Crippen MR) is 51.9 cm³/mol. The van der Waals surface area contributed by atoms with E-state index in [2.05, 4.69) is 25.9 Å². The van der Waals surface area contributed by atoms with Gasteiger partial charge in [0, 0.05) is 10.0 Å². The quantitative estimate of drug-likeness (QED) is 0.476. The lowest BCUT2D eigenvalue weighted by atomic mass is 10.2. The minimum Gasteiger partial charge on any atom is -0.397 e. The second-order valence-corrected chi connectivity index (χ2v) is 3.08. The van der Waals surface area contributed by atoms with Gasteiger partial charge in [-0.1, -0.05) is 33.2 Å². The molecule has 0 aliphatic heterocycles. The lowest BCUT2D eigenvalue weighted by molar-refractivity contribution is 0.213. The van der Waals surface area contributed by atoms with Gasteiger partial charge in [0.25, 0.3) is 0 Å². The Bertz CT molecular complexity index is 282. The monoisotopic (exact) mass is 228 g/mol. The number of hydrogen-bond donors (Lipinski definition) is 1. The maximum atomic E-state index is 5.57. The fourth-order valence-corrected chi connectivity index (χ4v) is 1.04. The third kappa shape index (κ3) is 2.23. The van der Waals surface area contributed by atoms with Crippen LogP contribution in [0.2, 0.25) is 0 Å². The largest absolute Gasteiger partial charge is 0.397 e. The molecule has 0 spiro atoms. The van der Waals surface area contributed by atoms with Crippen molar-refractivity contribution in [2.24, 2.45) is 10.9 Å². The van der Waals surface area contributed by atoms with E-state index in [0.29, 0.717) is 5.84 Å². The lowest BCUT2D eigenvalue weighted by Crippen LogP contribution is -2.13. The van der Waals surface area contributed by atoms with Crippen LogP contribution in [-0.2, 0) is 4.84 Å². The van der Waals surface area contributed by atoms with Crippen LogP contribution in [0.1, 0.15) is 5.56 Å². The van der Waals surface area contributed by atoms with E-state index >= 15 is 0 Å². The van der Waals surface area contributed by atoms with Crippen LogP contribution in [0.3, 0.4) is 0 Å². The maximum Gasteiger partial charge on any atom is 0.170 e. The first-order chi connectivity index (χ1) is 5.74. The Morgan fingerprint density at radius 1 is 1.42 bits per heavy atom. The number of oxime groups is 1. The molecule has 64 valence electrons. The van der Waals surface area contributed by atoms with Crippen molar-refractivity contribution < 1.29 is 4.84 Å². The second kappa shape index (κ2) is 4.11. The predicted octanol–water partition coefficient (Wildman–Crippen LogP) is 1.72. The maximum absolute atomic E-state index is 5.57. The molecule has 0 atom stereocenters. The average molecular weight is 229 g/mol. The summed E-state index contributed by atoms with van der Waals surface area (Å²) in [5.74, 6) is 0.380. The van der Waals surface area contributed by atoms with Crippen molar-refractivity contribution in [3.8, 4) is 0 Å². The van der Waals surface area contributed by atoms with Crippen LogP contribution in [0, 0.1) is 0 Å². The SMILES string of the molecule is CON=C(N)c1ccc(Br)cc1. The molecule has 0 amide bonds. The summed E-state index contributed by atoms with van der Waals surface area (Å²) in [7, 11) is 1.46. The van der Waals surface area contributed by atoms with E-state index in [1.54, 1.807) is 0 Å². The van der Waals surface area contributed by atoms with Gasteiger partial charge in [-0.15, -0.1) is 0 Å². The first kappa shape index (κ1) is 9.06. The van der Waals surface area contributed by atoms with Gasteiger partial charge in [-0.05, 0) is 12.1 Å². The van der Waals surface area contributed by atoms with Gasteiger partial charge < -0.3 is 10.6 Å². The molecule has 0 aliphatic rings. The van der Waals surface area contributed by atoms with Crippen LogP contribution < -0.4 is 5.73 Å². The first-order valence-electron chi connectivity index (χ1n) is 3.36. The Morgan fingerprint density at radius 3 is 2.50 bits per heavy atom. The van der Waals surface area contributed by atoms with Crippen molar-refractivity contribution in [2.75, 3.05) is 7.11 Å². The molecule has 0 radical (unpaired) electrons. The highest BCUT2D eigenvalue weighted by Gasteiger charge is 1.96. The second-order valence-electron chi connectivity index (χ2n) is 2.17. The molecule has 2 N–H and O–H groups in total. The molecule has 0 heterocycles. The molecule has 4 heteroatoms. The minimum absolute atomic E-state index is 0.380. The molecule has 0 unspecified atom stereocenters. The molecule has 1 aromatic rings. The number of nitrogens with zero attached hydrogens (tertiary/aromatic N) is 1. The highest BCUT2D eigenvalue weighted by Crippen LogP contribution is 2.10. The van der Waals surface area contributed by atoms with E-state index in [4.69, 9.17) is 5.73 Å². The van der Waals surface area contributed by atoms with Gasteiger partial charge >= 0.3 is 0 Å². The summed E-state index contributed by atoms with van der Waals surface area (Å²) < 4.78 is 1.01. The summed E-state index contributed by atoms with van der Waals surface area (Å²) in [6.07, 6.45) is 0. The van der Waals surface area contributed by atoms with Crippen molar-refractivity contribution >= 4 is 21.8 Å². The van der Waals surface area contributed by atoms with E-state index in [-0.39, 0.29) is 0 Å². The standard InChI is InChI=1S/C8H9BrN2O/c1-12-11-8(10)6-2-4-7(9)5-3-6/h2-5H,1H3,(H2,10,11). The number of rotatable bonds is 2. The average Bonchev–Trinajstić information content (AvgIpc) is 2.06. The molecule has 0 saturated carbocycles. The Balaban J connectivity index is 2.89. The van der Waals surface area contributed by atoms with Gasteiger partial charge in [0.1, 0.15) is 7.11 Å². The summed E-state index contributed by atoms with van der Waals surface area (Å²) >= 11 is 3.32. The smallest absolute Gasteiger partial charge is 0.170 e. The first-order valence-corrected chi connectivity index (χ1v) is 4.16. The normalized spacial score (nSPS) is 11.3. The zero-order valence-electron chi connectivity index (χ0n) is 6.62. The van der Waals surface area contributed by atoms with Crippen LogP contribution in [0.5, 0.6) is 0 Å². The van der Waals surface area contributed by atoms with E-state index in [1.807, 2.05) is 24.3 Å². The molecule has 1 aromatic carbocycles. The number of halogens is 1. The fraction of sp³-hybridized carbons (Fsp3) is 0.125. The van der Waals surface area contributed by atoms with E-state index < -0.39 is 0 Å². The molecule has 0 saturated heterocycles. The lowest BCUT2D eigenvalue weighted by Gasteiger charge is -1.98. The Hall–Kier alpha value is -1.03. The van der Waals surface area contributed by atoms with Crippen molar-refractivity contribution in [1.29, 1.82) is 0 Å². The minimum atomic E-state index is 0.380. The van der Waals surface area contributed by atoms with Gasteiger partial charge in [0.2, 0.25) is 0 Å². The number of amidine groups is 1. The van der Waals surface area contributed by atoms with E-state index in [9.17, 15) is 0 Å². The van der Waals surface area contributed by atoms with Gasteiger partial charge in [-0.2, -0.15) is 0 Å². The van der Waals surface area contributed by atoms with Crippen LogP contribution >= 0.6 is 15.9 Å². The Labute approximate surface area is 79.3 Å². The van der Waals surface area contributed by atoms with Gasteiger partial charge in [0.05, 0.1) is 0 Å². The third-order valence-corrected chi connectivity index (χ3v) is 1.86. The highest BCUT2D eigenvalue weighted by atomic mass is 79.9. The Kier molecular flexibility index (Phi) is 3.10. The summed E-state index contributed by atoms with van der Waals surface area (Å²) in [6, 6.07) is 7.52. The molecular weight excluding hydrogens is 220 g/mol. The van der Waals surface area contributed by atoms with Crippen molar-refractivity contribution in [3.05, 3.63) is 34.3 Å². The molecule has 1 rings (SSSR count). The van der Waals surface area contributed by atoms with Crippen molar-refractivity contribution in [3.63, 3.8) is 0 Å². The summed E-state index contributed by atoms with van der Waals surface area (Å²) in [5, 5.41) is 3.60.